The highest BCUT2D eigenvalue weighted by atomic mass is 35.5. The van der Waals surface area contributed by atoms with Gasteiger partial charge in [0.2, 0.25) is 0 Å². The van der Waals surface area contributed by atoms with Crippen molar-refractivity contribution in [3.8, 4) is 0 Å². The van der Waals surface area contributed by atoms with Gasteiger partial charge in [-0.05, 0) is 54.1 Å². The van der Waals surface area contributed by atoms with Crippen molar-refractivity contribution in [1.82, 2.24) is 0 Å². The lowest BCUT2D eigenvalue weighted by molar-refractivity contribution is 0.0518. The van der Waals surface area contributed by atoms with E-state index < -0.39 is 21.1 Å². The van der Waals surface area contributed by atoms with Crippen molar-refractivity contribution in [2.45, 2.75) is 10.1 Å². The third kappa shape index (κ3) is 6.28. The number of oxime groups is 1. The fourth-order valence-electron chi connectivity index (χ4n) is 2.56. The van der Waals surface area contributed by atoms with Gasteiger partial charge in [0.25, 0.3) is 0 Å². The van der Waals surface area contributed by atoms with Gasteiger partial charge in [0, 0.05) is 10.0 Å². The van der Waals surface area contributed by atoms with Gasteiger partial charge in [-0.1, -0.05) is 70.8 Å². The molecule has 0 amide bonds. The Kier molecular flexibility index (Phi) is 7.63. The van der Waals surface area contributed by atoms with Crippen molar-refractivity contribution >= 4 is 51.3 Å². The summed E-state index contributed by atoms with van der Waals surface area (Å²) in [6.07, 6.45) is 4.20. The lowest BCUT2D eigenvalue weighted by Crippen LogP contribution is -2.21. The summed E-state index contributed by atoms with van der Waals surface area (Å²) in [4.78, 5) is 17.0. The van der Waals surface area contributed by atoms with E-state index in [0.29, 0.717) is 10.0 Å². The molecule has 0 radical (unpaired) electrons. The van der Waals surface area contributed by atoms with Gasteiger partial charge in [0.05, 0.1) is 16.7 Å². The summed E-state index contributed by atoms with van der Waals surface area (Å²) in [5.41, 5.74) is 1.05. The highest BCUT2D eigenvalue weighted by molar-refractivity contribution is 7.93. The molecule has 0 aliphatic carbocycles. The summed E-state index contributed by atoms with van der Waals surface area (Å²) < 4.78 is 26.2. The SMILES string of the molecule is O=C(O/N=C\[C@@H](/C=C/c1ccccc1)S(=O)(=O)c1ccc(Cl)cc1)c1ccc(Cl)cc1. The molecule has 3 aromatic rings. The fourth-order valence-corrected chi connectivity index (χ4v) is 4.14. The van der Waals surface area contributed by atoms with Crippen molar-refractivity contribution in [1.29, 1.82) is 0 Å². The molecule has 1 atom stereocenters. The Hall–Kier alpha value is -2.93. The van der Waals surface area contributed by atoms with Crippen LogP contribution in [0.25, 0.3) is 6.08 Å². The number of benzene rings is 3. The van der Waals surface area contributed by atoms with E-state index in [9.17, 15) is 13.2 Å². The van der Waals surface area contributed by atoms with Crippen LogP contribution in [0.15, 0.2) is 95.0 Å². The standard InChI is InChI=1S/C23H17Cl2NO4S/c24-19-9-7-18(8-10-19)23(27)30-26-16-22(13-6-17-4-2-1-3-5-17)31(28,29)21-14-11-20(25)12-15-21/h1-16,22H/b13-6+,26-16-/t22-/m1/s1. The molecule has 158 valence electrons. The Morgan fingerprint density at radius 3 is 2.06 bits per heavy atom. The largest absolute Gasteiger partial charge is 0.365 e. The van der Waals surface area contributed by atoms with E-state index in [1.807, 2.05) is 30.3 Å². The molecule has 3 rings (SSSR count). The summed E-state index contributed by atoms with van der Waals surface area (Å²) >= 11 is 11.7. The van der Waals surface area contributed by atoms with E-state index in [4.69, 9.17) is 28.0 Å². The zero-order valence-corrected chi connectivity index (χ0v) is 18.4. The molecular formula is C23H17Cl2NO4S. The van der Waals surface area contributed by atoms with E-state index in [-0.39, 0.29) is 10.5 Å². The number of carbonyl (C=O) groups excluding carboxylic acids is 1. The minimum atomic E-state index is -3.86. The van der Waals surface area contributed by atoms with Gasteiger partial charge >= 0.3 is 5.97 Å². The molecule has 8 heteroatoms. The molecule has 31 heavy (non-hydrogen) atoms. The molecule has 0 saturated heterocycles. The van der Waals surface area contributed by atoms with Gasteiger partial charge in [0.1, 0.15) is 5.25 Å². The number of nitrogens with zero attached hydrogens (tertiary/aromatic N) is 1. The first-order chi connectivity index (χ1) is 14.9. The molecule has 0 heterocycles. The van der Waals surface area contributed by atoms with Crippen LogP contribution in [0.4, 0.5) is 0 Å². The van der Waals surface area contributed by atoms with Gasteiger partial charge in [-0.25, -0.2) is 13.2 Å². The van der Waals surface area contributed by atoms with Crippen LogP contribution in [0.2, 0.25) is 10.0 Å². The second-order valence-corrected chi connectivity index (χ2v) is 9.35. The summed E-state index contributed by atoms with van der Waals surface area (Å²) in [5, 5.41) is 3.34. The predicted molar refractivity (Wildman–Crippen MR) is 123 cm³/mol. The number of carbonyl (C=O) groups is 1. The van der Waals surface area contributed by atoms with Crippen molar-refractivity contribution < 1.29 is 18.0 Å². The second kappa shape index (κ2) is 10.4. The van der Waals surface area contributed by atoms with E-state index in [1.165, 1.54) is 54.6 Å². The van der Waals surface area contributed by atoms with Crippen LogP contribution in [0, 0.1) is 0 Å². The summed E-state index contributed by atoms with van der Waals surface area (Å²) in [6, 6.07) is 21.1. The average Bonchev–Trinajstić information content (AvgIpc) is 2.77. The number of hydrogen-bond acceptors (Lipinski definition) is 5. The Balaban J connectivity index is 1.85. The van der Waals surface area contributed by atoms with Gasteiger partial charge < -0.3 is 4.84 Å². The van der Waals surface area contributed by atoms with E-state index in [0.717, 1.165) is 11.8 Å². The van der Waals surface area contributed by atoms with Crippen LogP contribution >= 0.6 is 23.2 Å². The molecule has 5 nitrogen and oxygen atoms in total. The number of sulfone groups is 1. The van der Waals surface area contributed by atoms with Crippen LogP contribution in [-0.2, 0) is 14.7 Å². The zero-order chi connectivity index (χ0) is 22.3. The predicted octanol–water partition coefficient (Wildman–Crippen LogP) is 5.69. The first-order valence-electron chi connectivity index (χ1n) is 9.09. The molecule has 0 unspecified atom stereocenters. The van der Waals surface area contributed by atoms with E-state index in [2.05, 4.69) is 5.16 Å². The van der Waals surface area contributed by atoms with Crippen LogP contribution in [0.1, 0.15) is 15.9 Å². The Labute approximate surface area is 190 Å². The third-order valence-corrected chi connectivity index (χ3v) is 6.63. The Morgan fingerprint density at radius 1 is 0.871 bits per heavy atom. The topological polar surface area (TPSA) is 72.8 Å². The molecule has 0 N–H and O–H groups in total. The first-order valence-corrected chi connectivity index (χ1v) is 11.4. The van der Waals surface area contributed by atoms with Crippen LogP contribution < -0.4 is 0 Å². The van der Waals surface area contributed by atoms with E-state index in [1.54, 1.807) is 6.08 Å². The van der Waals surface area contributed by atoms with Gasteiger partial charge in [-0.15, -0.1) is 0 Å². The van der Waals surface area contributed by atoms with Crippen LogP contribution in [-0.4, -0.2) is 25.9 Å². The quantitative estimate of drug-likeness (QED) is 0.251. The second-order valence-electron chi connectivity index (χ2n) is 6.37. The maximum absolute atomic E-state index is 13.1. The molecule has 0 fully saturated rings. The minimum absolute atomic E-state index is 0.0649. The lowest BCUT2D eigenvalue weighted by atomic mass is 10.2. The molecular weight excluding hydrogens is 457 g/mol. The van der Waals surface area contributed by atoms with Crippen LogP contribution in [0.3, 0.4) is 0 Å². The van der Waals surface area contributed by atoms with Crippen molar-refractivity contribution in [3.05, 3.63) is 106 Å². The first kappa shape index (κ1) is 22.7. The average molecular weight is 474 g/mol. The molecule has 3 aromatic carbocycles. The molecule has 0 bridgehead atoms. The van der Waals surface area contributed by atoms with Gasteiger partial charge in [0.15, 0.2) is 9.84 Å². The normalized spacial score (nSPS) is 12.8. The van der Waals surface area contributed by atoms with Crippen molar-refractivity contribution in [2.75, 3.05) is 0 Å². The lowest BCUT2D eigenvalue weighted by Gasteiger charge is -2.10. The van der Waals surface area contributed by atoms with E-state index >= 15 is 0 Å². The van der Waals surface area contributed by atoms with Crippen molar-refractivity contribution in [3.63, 3.8) is 0 Å². The minimum Gasteiger partial charge on any atom is -0.313 e. The summed E-state index contributed by atoms with van der Waals surface area (Å²) in [5.74, 6) is -0.734. The third-order valence-electron chi connectivity index (χ3n) is 4.20. The highest BCUT2D eigenvalue weighted by Gasteiger charge is 2.24. The fraction of sp³-hybridized carbons (Fsp3) is 0.0435. The Bertz CT molecular complexity index is 1190. The van der Waals surface area contributed by atoms with Crippen molar-refractivity contribution in [2.24, 2.45) is 5.16 Å². The smallest absolute Gasteiger partial charge is 0.313 e. The highest BCUT2D eigenvalue weighted by Crippen LogP contribution is 2.20. The maximum atomic E-state index is 13.1. The summed E-state index contributed by atoms with van der Waals surface area (Å²) in [6.45, 7) is 0. The molecule has 0 saturated carbocycles. The van der Waals surface area contributed by atoms with Gasteiger partial charge in [-0.2, -0.15) is 0 Å². The molecule has 0 aliphatic heterocycles. The monoisotopic (exact) mass is 473 g/mol. The zero-order valence-electron chi connectivity index (χ0n) is 16.1. The van der Waals surface area contributed by atoms with Crippen LogP contribution in [0.5, 0.6) is 0 Å². The maximum Gasteiger partial charge on any atom is 0.365 e. The molecule has 0 aliphatic rings. The number of hydrogen-bond donors (Lipinski definition) is 0. The van der Waals surface area contributed by atoms with Gasteiger partial charge in [-0.3, -0.25) is 0 Å². The molecule has 0 aromatic heterocycles. The number of rotatable bonds is 7. The Morgan fingerprint density at radius 2 is 1.45 bits per heavy atom. The number of halogens is 2. The molecule has 0 spiro atoms. The summed E-state index contributed by atoms with van der Waals surface area (Å²) in [7, 11) is -3.86.